The van der Waals surface area contributed by atoms with Crippen molar-refractivity contribution in [2.24, 2.45) is 28.6 Å². The second-order valence-electron chi connectivity index (χ2n) is 10.9. The first-order valence-corrected chi connectivity index (χ1v) is 13.0. The highest BCUT2D eigenvalue weighted by Gasteiger charge is 2.53. The number of benzene rings is 1. The lowest BCUT2D eigenvalue weighted by molar-refractivity contribution is -0.173. The van der Waals surface area contributed by atoms with Crippen molar-refractivity contribution in [2.75, 3.05) is 20.3 Å². The molecule has 0 spiro atoms. The average Bonchev–Trinajstić information content (AvgIpc) is 2.83. The van der Waals surface area contributed by atoms with Crippen molar-refractivity contribution >= 4 is 18.0 Å². The summed E-state index contributed by atoms with van der Waals surface area (Å²) in [7, 11) is 1.36. The van der Waals surface area contributed by atoms with Crippen molar-refractivity contribution in [3.8, 4) is 5.75 Å². The Hall–Kier alpha value is -2.30. The standard InChI is InChI=1S/C30H48O5/c1-22(2)24(5)30(8,29(6,7)23(3)4)28(32)35-21-13-11-10-12-20-34-26-17-14-25(15-18-26)16-19-27(31)33-9/h14-19,22-24H,10-13,20-21H2,1-9H3/b19-16+. The minimum Gasteiger partial charge on any atom is -0.494 e. The molecule has 0 saturated carbocycles. The van der Waals surface area contributed by atoms with Crippen LogP contribution in [0.15, 0.2) is 30.3 Å². The van der Waals surface area contributed by atoms with Crippen molar-refractivity contribution in [3.05, 3.63) is 35.9 Å². The number of ether oxygens (including phenoxy) is 3. The molecule has 1 rings (SSSR count). The van der Waals surface area contributed by atoms with Crippen LogP contribution in [0.2, 0.25) is 0 Å². The predicted octanol–water partition coefficient (Wildman–Crippen LogP) is 7.34. The van der Waals surface area contributed by atoms with Crippen LogP contribution in [-0.2, 0) is 19.1 Å². The Bertz CT molecular complexity index is 807. The van der Waals surface area contributed by atoms with Gasteiger partial charge in [0.05, 0.1) is 25.7 Å². The van der Waals surface area contributed by atoms with Crippen molar-refractivity contribution in [1.82, 2.24) is 0 Å². The molecule has 0 aliphatic heterocycles. The van der Waals surface area contributed by atoms with Gasteiger partial charge in [-0.15, -0.1) is 0 Å². The molecule has 0 bridgehead atoms. The quantitative estimate of drug-likeness (QED) is 0.147. The number of carbonyl (C=O) groups is 2. The Morgan fingerprint density at radius 3 is 1.97 bits per heavy atom. The highest BCUT2D eigenvalue weighted by atomic mass is 16.5. The summed E-state index contributed by atoms with van der Waals surface area (Å²) in [4.78, 5) is 24.5. The van der Waals surface area contributed by atoms with Crippen LogP contribution >= 0.6 is 0 Å². The van der Waals surface area contributed by atoms with Crippen LogP contribution in [0.3, 0.4) is 0 Å². The SMILES string of the molecule is COC(=O)/C=C/c1ccc(OCCCCCCOC(=O)C(C)(C(C)C(C)C)C(C)(C)C(C)C)cc1. The maximum Gasteiger partial charge on any atom is 0.330 e. The van der Waals surface area contributed by atoms with E-state index >= 15 is 0 Å². The Kier molecular flexibility index (Phi) is 12.6. The molecule has 1 aromatic rings. The predicted molar refractivity (Wildman–Crippen MR) is 143 cm³/mol. The van der Waals surface area contributed by atoms with E-state index in [4.69, 9.17) is 9.47 Å². The van der Waals surface area contributed by atoms with Gasteiger partial charge in [-0.3, -0.25) is 4.79 Å². The molecule has 0 N–H and O–H groups in total. The number of hydrogen-bond acceptors (Lipinski definition) is 5. The van der Waals surface area contributed by atoms with Crippen molar-refractivity contribution < 1.29 is 23.8 Å². The van der Waals surface area contributed by atoms with Gasteiger partial charge in [-0.05, 0) is 79.5 Å². The Balaban J connectivity index is 2.39. The van der Waals surface area contributed by atoms with Crippen molar-refractivity contribution in [2.45, 2.75) is 81.1 Å². The van der Waals surface area contributed by atoms with Crippen LogP contribution in [0, 0.1) is 28.6 Å². The lowest BCUT2D eigenvalue weighted by atomic mass is 9.54. The van der Waals surface area contributed by atoms with Gasteiger partial charge in [-0.25, -0.2) is 4.79 Å². The molecule has 2 unspecified atom stereocenters. The second-order valence-corrected chi connectivity index (χ2v) is 10.9. The molecule has 0 aliphatic rings. The maximum absolute atomic E-state index is 13.3. The van der Waals surface area contributed by atoms with E-state index in [9.17, 15) is 9.59 Å². The summed E-state index contributed by atoms with van der Waals surface area (Å²) in [5, 5.41) is 0. The van der Waals surface area contributed by atoms with Gasteiger partial charge in [0.2, 0.25) is 0 Å². The third-order valence-electron chi connectivity index (χ3n) is 8.15. The fourth-order valence-corrected chi connectivity index (χ4v) is 4.27. The van der Waals surface area contributed by atoms with E-state index in [-0.39, 0.29) is 23.3 Å². The van der Waals surface area contributed by atoms with Crippen LogP contribution in [0.5, 0.6) is 5.75 Å². The minimum atomic E-state index is -0.534. The lowest BCUT2D eigenvalue weighted by Gasteiger charge is -2.49. The van der Waals surface area contributed by atoms with Gasteiger partial charge < -0.3 is 14.2 Å². The molecule has 35 heavy (non-hydrogen) atoms. The first-order chi connectivity index (χ1) is 16.4. The summed E-state index contributed by atoms with van der Waals surface area (Å²) in [6, 6.07) is 7.59. The van der Waals surface area contributed by atoms with E-state index in [2.05, 4.69) is 60.1 Å². The zero-order valence-corrected chi connectivity index (χ0v) is 23.5. The van der Waals surface area contributed by atoms with Crippen molar-refractivity contribution in [1.29, 1.82) is 0 Å². The highest BCUT2D eigenvalue weighted by molar-refractivity contribution is 5.86. The third kappa shape index (κ3) is 8.70. The smallest absolute Gasteiger partial charge is 0.330 e. The summed E-state index contributed by atoms with van der Waals surface area (Å²) in [6.07, 6.45) is 6.93. The number of carbonyl (C=O) groups excluding carboxylic acids is 2. The van der Waals surface area contributed by atoms with E-state index in [1.165, 1.54) is 13.2 Å². The van der Waals surface area contributed by atoms with E-state index in [0.717, 1.165) is 37.0 Å². The molecule has 5 nitrogen and oxygen atoms in total. The van der Waals surface area contributed by atoms with E-state index in [1.54, 1.807) is 6.08 Å². The molecular formula is C30H48O5. The molecule has 0 aromatic heterocycles. The zero-order chi connectivity index (χ0) is 26.6. The van der Waals surface area contributed by atoms with Gasteiger partial charge in [-0.2, -0.15) is 0 Å². The number of methoxy groups -OCH3 is 1. The Morgan fingerprint density at radius 1 is 0.886 bits per heavy atom. The van der Waals surface area contributed by atoms with Crippen LogP contribution < -0.4 is 4.74 Å². The van der Waals surface area contributed by atoms with Crippen LogP contribution in [0.1, 0.15) is 86.6 Å². The molecule has 0 heterocycles. The molecule has 0 aliphatic carbocycles. The normalized spacial score (nSPS) is 14.7. The molecule has 0 saturated heterocycles. The molecule has 1 aromatic carbocycles. The largest absolute Gasteiger partial charge is 0.494 e. The van der Waals surface area contributed by atoms with E-state index in [1.807, 2.05) is 24.3 Å². The average molecular weight is 489 g/mol. The molecule has 0 fully saturated rings. The summed E-state index contributed by atoms with van der Waals surface area (Å²) in [6.45, 7) is 18.5. The summed E-state index contributed by atoms with van der Waals surface area (Å²) >= 11 is 0. The van der Waals surface area contributed by atoms with E-state index in [0.29, 0.717) is 25.0 Å². The van der Waals surface area contributed by atoms with Gasteiger partial charge in [-0.1, -0.05) is 60.6 Å². The number of rotatable bonds is 15. The zero-order valence-electron chi connectivity index (χ0n) is 23.5. The number of hydrogen-bond donors (Lipinski definition) is 0. The highest BCUT2D eigenvalue weighted by Crippen LogP contribution is 2.52. The lowest BCUT2D eigenvalue weighted by Crippen LogP contribution is -2.51. The van der Waals surface area contributed by atoms with Crippen LogP contribution in [0.25, 0.3) is 6.08 Å². The van der Waals surface area contributed by atoms with Crippen LogP contribution in [0.4, 0.5) is 0 Å². The summed E-state index contributed by atoms with van der Waals surface area (Å²) in [5.74, 6) is 1.36. The topological polar surface area (TPSA) is 61.8 Å². The molecular weight excluding hydrogens is 440 g/mol. The van der Waals surface area contributed by atoms with Gasteiger partial charge in [0.1, 0.15) is 5.75 Å². The van der Waals surface area contributed by atoms with Gasteiger partial charge in [0.15, 0.2) is 0 Å². The fourth-order valence-electron chi connectivity index (χ4n) is 4.27. The van der Waals surface area contributed by atoms with Crippen LogP contribution in [-0.4, -0.2) is 32.3 Å². The molecule has 2 atom stereocenters. The Morgan fingerprint density at radius 2 is 1.46 bits per heavy atom. The van der Waals surface area contributed by atoms with E-state index < -0.39 is 5.41 Å². The molecule has 0 amide bonds. The van der Waals surface area contributed by atoms with Gasteiger partial charge in [0.25, 0.3) is 0 Å². The molecule has 0 radical (unpaired) electrons. The van der Waals surface area contributed by atoms with Crippen molar-refractivity contribution in [3.63, 3.8) is 0 Å². The second kappa shape index (κ2) is 14.3. The fraction of sp³-hybridized carbons (Fsp3) is 0.667. The monoisotopic (exact) mass is 488 g/mol. The molecule has 198 valence electrons. The molecule has 5 heteroatoms. The number of unbranched alkanes of at least 4 members (excludes halogenated alkanes) is 3. The summed E-state index contributed by atoms with van der Waals surface area (Å²) < 4.78 is 16.2. The van der Waals surface area contributed by atoms with Gasteiger partial charge in [0, 0.05) is 6.08 Å². The first kappa shape index (κ1) is 30.7. The Labute approximate surface area is 213 Å². The minimum absolute atomic E-state index is 0.0642. The first-order valence-electron chi connectivity index (χ1n) is 13.0. The third-order valence-corrected chi connectivity index (χ3v) is 8.15. The summed E-state index contributed by atoms with van der Waals surface area (Å²) in [5.41, 5.74) is 0.211. The number of esters is 2. The van der Waals surface area contributed by atoms with Gasteiger partial charge >= 0.3 is 11.9 Å². The maximum atomic E-state index is 13.3.